The zero-order valence-electron chi connectivity index (χ0n) is 32.0. The van der Waals surface area contributed by atoms with Crippen molar-refractivity contribution in [3.05, 3.63) is 130 Å². The molecule has 0 saturated heterocycles. The molecule has 4 aromatic carbocycles. The van der Waals surface area contributed by atoms with Gasteiger partial charge >= 0.3 is 0 Å². The molecule has 4 aromatic rings. The van der Waals surface area contributed by atoms with Gasteiger partial charge in [0.25, 0.3) is 0 Å². The van der Waals surface area contributed by atoms with Crippen LogP contribution in [0.3, 0.4) is 0 Å². The van der Waals surface area contributed by atoms with Gasteiger partial charge in [-0.25, -0.2) is 0 Å². The van der Waals surface area contributed by atoms with Crippen LogP contribution in [0.15, 0.2) is 119 Å². The molecule has 2 saturated carbocycles. The third kappa shape index (κ3) is 5.69. The maximum absolute atomic E-state index is 7.50. The summed E-state index contributed by atoms with van der Waals surface area (Å²) in [5.74, 6) is 0. The van der Waals surface area contributed by atoms with Gasteiger partial charge in [-0.15, -0.1) is 0 Å². The van der Waals surface area contributed by atoms with Crippen molar-refractivity contribution in [3.8, 4) is 0 Å². The normalized spacial score (nSPS) is 22.4. The fourth-order valence-corrected chi connectivity index (χ4v) is 11.6. The molecule has 0 bridgehead atoms. The monoisotopic (exact) mass is 719 g/mol. The van der Waals surface area contributed by atoms with Gasteiger partial charge in [-0.1, -0.05) is 143 Å². The molecular weight excluding hydrogens is 664 g/mol. The Hall–Kier alpha value is -3.88. The third-order valence-electron chi connectivity index (χ3n) is 13.6. The highest BCUT2D eigenvalue weighted by Gasteiger charge is 2.52. The second-order valence-electron chi connectivity index (χ2n) is 16.6. The lowest BCUT2D eigenvalue weighted by molar-refractivity contribution is -0.436. The molecule has 2 heterocycles. The fraction of sp³-hybridized carbons (Fsp3) is 0.420. The molecule has 0 N–H and O–H groups in total. The molecule has 2 nitrogen and oxygen atoms in total. The minimum Gasteiger partial charge on any atom is -0.343 e. The first-order valence-corrected chi connectivity index (χ1v) is 21.4. The van der Waals surface area contributed by atoms with Crippen LogP contribution in [-0.4, -0.2) is 23.4 Å². The number of allylic oxidation sites excluding steroid dienone is 8. The van der Waals surface area contributed by atoms with Crippen molar-refractivity contribution in [2.24, 2.45) is 0 Å². The summed E-state index contributed by atoms with van der Waals surface area (Å²) in [5.41, 5.74) is 11.8. The van der Waals surface area contributed by atoms with E-state index >= 15 is 0 Å². The Labute approximate surface area is 322 Å². The van der Waals surface area contributed by atoms with E-state index in [9.17, 15) is 0 Å². The largest absolute Gasteiger partial charge is 0.343 e. The maximum atomic E-state index is 7.50. The zero-order chi connectivity index (χ0) is 36.0. The molecule has 3 heteroatoms. The Morgan fingerprint density at radius 1 is 0.660 bits per heavy atom. The molecule has 0 radical (unpaired) electrons. The number of nitrogens with zero attached hydrogens (tertiary/aromatic N) is 2. The van der Waals surface area contributed by atoms with Crippen molar-refractivity contribution in [3.63, 3.8) is 0 Å². The predicted molar refractivity (Wildman–Crippen MR) is 227 cm³/mol. The molecule has 9 rings (SSSR count). The van der Waals surface area contributed by atoms with Gasteiger partial charge in [-0.05, 0) is 91.0 Å². The topological polar surface area (TPSA) is 6.25 Å². The summed E-state index contributed by atoms with van der Waals surface area (Å²) in [6.45, 7) is 6.74. The number of benzene rings is 4. The molecule has 0 unspecified atom stereocenters. The van der Waals surface area contributed by atoms with Crippen LogP contribution in [0.1, 0.15) is 121 Å². The van der Waals surface area contributed by atoms with E-state index in [-0.39, 0.29) is 10.8 Å². The number of fused-ring (bicyclic) bond motifs is 8. The molecule has 53 heavy (non-hydrogen) atoms. The third-order valence-corrected chi connectivity index (χ3v) is 14.1. The van der Waals surface area contributed by atoms with Crippen molar-refractivity contribution in [2.75, 3.05) is 18.0 Å². The highest BCUT2D eigenvalue weighted by molar-refractivity contribution is 6.32. The van der Waals surface area contributed by atoms with Crippen molar-refractivity contribution >= 4 is 50.2 Å². The summed E-state index contributed by atoms with van der Waals surface area (Å²) in [4.78, 5) is 2.70. The van der Waals surface area contributed by atoms with Gasteiger partial charge in [0.15, 0.2) is 5.71 Å². The van der Waals surface area contributed by atoms with Gasteiger partial charge in [0.05, 0.1) is 16.5 Å². The van der Waals surface area contributed by atoms with E-state index in [1.807, 2.05) is 0 Å². The molecule has 0 amide bonds. The summed E-state index contributed by atoms with van der Waals surface area (Å²) in [5, 5.41) is 6.46. The standard InChI is InChI=1S/C50H56ClN2/c1-3-34-52-44(49(30-11-5-12-31-49)42-26-22-36-16-7-9-20-40(36)47(42)52)28-24-38-18-15-19-39(46(38)51)25-29-45-50(32-13-6-14-33-50)43-27-23-37-17-8-10-21-41(37)48(43)53(45)35-4-2/h7-10,16-17,20-29H,3-6,11-15,18-19,30-35H2,1-2H3/q+1. The average molecular weight is 720 g/mol. The van der Waals surface area contributed by atoms with Crippen LogP contribution < -0.4 is 4.90 Å². The van der Waals surface area contributed by atoms with E-state index in [4.69, 9.17) is 11.6 Å². The lowest BCUT2D eigenvalue weighted by Gasteiger charge is -2.37. The van der Waals surface area contributed by atoms with Crippen molar-refractivity contribution < 1.29 is 4.58 Å². The second kappa shape index (κ2) is 14.4. The number of anilines is 1. The first kappa shape index (κ1) is 34.9. The van der Waals surface area contributed by atoms with Crippen LogP contribution in [0.4, 0.5) is 11.4 Å². The van der Waals surface area contributed by atoms with E-state index in [2.05, 4.69) is 120 Å². The molecular formula is C50H56ClN2+. The summed E-state index contributed by atoms with van der Waals surface area (Å²) < 4.78 is 2.70. The highest BCUT2D eigenvalue weighted by Crippen LogP contribution is 2.57. The summed E-state index contributed by atoms with van der Waals surface area (Å²) in [6.07, 6.45) is 28.1. The van der Waals surface area contributed by atoms with E-state index in [0.717, 1.165) is 50.2 Å². The first-order chi connectivity index (χ1) is 26.1. The van der Waals surface area contributed by atoms with Crippen molar-refractivity contribution in [1.82, 2.24) is 0 Å². The second-order valence-corrected chi connectivity index (χ2v) is 17.0. The van der Waals surface area contributed by atoms with Gasteiger partial charge in [0.1, 0.15) is 6.54 Å². The van der Waals surface area contributed by atoms with E-state index in [1.54, 1.807) is 11.1 Å². The Bertz CT molecular complexity index is 2210. The van der Waals surface area contributed by atoms with E-state index < -0.39 is 0 Å². The lowest BCUT2D eigenvalue weighted by atomic mass is 9.67. The number of hydrogen-bond donors (Lipinski definition) is 0. The molecule has 2 fully saturated rings. The van der Waals surface area contributed by atoms with Gasteiger partial charge in [0.2, 0.25) is 5.69 Å². The van der Waals surface area contributed by atoms with Crippen molar-refractivity contribution in [2.45, 2.75) is 121 Å². The Balaban J connectivity index is 1.13. The number of rotatable bonds is 7. The lowest BCUT2D eigenvalue weighted by Crippen LogP contribution is -2.36. The van der Waals surface area contributed by atoms with Gasteiger partial charge in [0, 0.05) is 46.1 Å². The van der Waals surface area contributed by atoms with Crippen LogP contribution in [-0.2, 0) is 10.8 Å². The number of halogens is 1. The van der Waals surface area contributed by atoms with E-state index in [1.165, 1.54) is 120 Å². The first-order valence-electron chi connectivity index (χ1n) is 21.0. The SMILES string of the molecule is CCCN1/C(=C/C=C2\CCCC(/C=C/C3=[N+](CCC)c4c(ccc5ccccc45)C34CCCCC4)=C2Cl)C2(CCCCC2)c2ccc3ccccc3c21. The maximum Gasteiger partial charge on any atom is 0.217 e. The van der Waals surface area contributed by atoms with Crippen LogP contribution in [0.2, 0.25) is 0 Å². The zero-order valence-corrected chi connectivity index (χ0v) is 32.8. The quantitative estimate of drug-likeness (QED) is 0.172. The summed E-state index contributed by atoms with van der Waals surface area (Å²) >= 11 is 7.50. The highest BCUT2D eigenvalue weighted by atomic mass is 35.5. The average Bonchev–Trinajstić information content (AvgIpc) is 3.59. The fourth-order valence-electron chi connectivity index (χ4n) is 11.2. The van der Waals surface area contributed by atoms with Gasteiger partial charge < -0.3 is 4.90 Å². The molecule has 2 aliphatic heterocycles. The van der Waals surface area contributed by atoms with Crippen LogP contribution in [0.25, 0.3) is 21.5 Å². The Kier molecular flexibility index (Phi) is 9.48. The van der Waals surface area contributed by atoms with Crippen LogP contribution in [0, 0.1) is 0 Å². The van der Waals surface area contributed by atoms with Crippen molar-refractivity contribution in [1.29, 1.82) is 0 Å². The summed E-state index contributed by atoms with van der Waals surface area (Å²) in [7, 11) is 0. The van der Waals surface area contributed by atoms with Crippen LogP contribution >= 0.6 is 11.6 Å². The summed E-state index contributed by atoms with van der Waals surface area (Å²) in [6, 6.07) is 27.7. The smallest absolute Gasteiger partial charge is 0.217 e. The van der Waals surface area contributed by atoms with E-state index in [0.29, 0.717) is 0 Å². The Morgan fingerprint density at radius 2 is 1.32 bits per heavy atom. The molecule has 0 atom stereocenters. The Morgan fingerprint density at radius 3 is 2.04 bits per heavy atom. The molecule has 2 spiro atoms. The number of hydrogen-bond acceptors (Lipinski definition) is 1. The van der Waals surface area contributed by atoms with Gasteiger partial charge in [-0.2, -0.15) is 4.58 Å². The minimum atomic E-state index is 0.0901. The minimum absolute atomic E-state index is 0.0901. The molecule has 272 valence electrons. The van der Waals surface area contributed by atoms with Gasteiger partial charge in [-0.3, -0.25) is 0 Å². The molecule has 0 aromatic heterocycles. The van der Waals surface area contributed by atoms with Crippen LogP contribution in [0.5, 0.6) is 0 Å². The molecule has 3 aliphatic carbocycles. The predicted octanol–water partition coefficient (Wildman–Crippen LogP) is 13.9. The molecule has 5 aliphatic rings.